The maximum absolute atomic E-state index is 12.1. The van der Waals surface area contributed by atoms with Crippen LogP contribution in [-0.2, 0) is 14.8 Å². The lowest BCUT2D eigenvalue weighted by atomic mass is 10.1. The van der Waals surface area contributed by atoms with E-state index in [9.17, 15) is 23.3 Å². The summed E-state index contributed by atoms with van der Waals surface area (Å²) in [6, 6.07) is 5.47. The van der Waals surface area contributed by atoms with Crippen LogP contribution in [0.3, 0.4) is 0 Å². The molecule has 1 saturated heterocycles. The number of hydrogen-bond acceptors (Lipinski definition) is 6. The standard InChI is InChI=1S/C14H19N3O6S/c1-24(21,22)15-11-5-7-16(8-6-11)14(18)10-23-13-4-2-3-12(9-13)17(19)20/h2-4,9,11,15H,5-8,10H2,1H3. The van der Waals surface area contributed by atoms with Crippen molar-refractivity contribution in [1.29, 1.82) is 0 Å². The summed E-state index contributed by atoms with van der Waals surface area (Å²) in [5.41, 5.74) is -0.104. The topological polar surface area (TPSA) is 119 Å². The molecule has 24 heavy (non-hydrogen) atoms. The van der Waals surface area contributed by atoms with E-state index in [1.54, 1.807) is 11.0 Å². The van der Waals surface area contributed by atoms with E-state index in [4.69, 9.17) is 4.74 Å². The molecular weight excluding hydrogens is 338 g/mol. The van der Waals surface area contributed by atoms with Crippen molar-refractivity contribution in [2.45, 2.75) is 18.9 Å². The lowest BCUT2D eigenvalue weighted by Gasteiger charge is -2.31. The highest BCUT2D eigenvalue weighted by atomic mass is 32.2. The number of carbonyl (C=O) groups excluding carboxylic acids is 1. The van der Waals surface area contributed by atoms with E-state index in [0.29, 0.717) is 25.9 Å². The average Bonchev–Trinajstić information content (AvgIpc) is 2.52. The van der Waals surface area contributed by atoms with Gasteiger partial charge in [-0.3, -0.25) is 14.9 Å². The first-order valence-corrected chi connectivity index (χ1v) is 9.26. The minimum absolute atomic E-state index is 0.104. The molecule has 0 aliphatic carbocycles. The molecule has 2 rings (SSSR count). The normalized spacial score (nSPS) is 16.0. The number of benzene rings is 1. The number of carbonyl (C=O) groups is 1. The Morgan fingerprint density at radius 1 is 1.42 bits per heavy atom. The molecular formula is C14H19N3O6S. The highest BCUT2D eigenvalue weighted by molar-refractivity contribution is 7.88. The fourth-order valence-electron chi connectivity index (χ4n) is 2.47. The summed E-state index contributed by atoms with van der Waals surface area (Å²) in [7, 11) is -3.25. The van der Waals surface area contributed by atoms with Gasteiger partial charge in [-0.05, 0) is 18.9 Å². The van der Waals surface area contributed by atoms with Gasteiger partial charge in [0, 0.05) is 25.2 Å². The van der Waals surface area contributed by atoms with Crippen LogP contribution in [0.5, 0.6) is 5.75 Å². The number of sulfonamides is 1. The second-order valence-corrected chi connectivity index (χ2v) is 7.37. The van der Waals surface area contributed by atoms with Crippen LogP contribution < -0.4 is 9.46 Å². The van der Waals surface area contributed by atoms with Crippen molar-refractivity contribution >= 4 is 21.6 Å². The molecule has 1 aromatic rings. The Labute approximate surface area is 139 Å². The Kier molecular flexibility index (Phi) is 5.73. The van der Waals surface area contributed by atoms with Gasteiger partial charge in [-0.25, -0.2) is 13.1 Å². The van der Waals surface area contributed by atoms with Gasteiger partial charge in [0.25, 0.3) is 11.6 Å². The number of ether oxygens (including phenoxy) is 1. The van der Waals surface area contributed by atoms with Crippen LogP contribution in [0, 0.1) is 10.1 Å². The fourth-order valence-corrected chi connectivity index (χ4v) is 3.31. The Morgan fingerprint density at radius 3 is 2.67 bits per heavy atom. The molecule has 1 aliphatic rings. The first-order valence-electron chi connectivity index (χ1n) is 7.37. The van der Waals surface area contributed by atoms with E-state index < -0.39 is 14.9 Å². The number of nitro groups is 1. The van der Waals surface area contributed by atoms with E-state index in [1.165, 1.54) is 18.2 Å². The van der Waals surface area contributed by atoms with Gasteiger partial charge in [0.2, 0.25) is 10.0 Å². The van der Waals surface area contributed by atoms with Gasteiger partial charge in [-0.1, -0.05) is 6.07 Å². The van der Waals surface area contributed by atoms with Crippen molar-refractivity contribution in [3.63, 3.8) is 0 Å². The Hall–Kier alpha value is -2.20. The Morgan fingerprint density at radius 2 is 2.08 bits per heavy atom. The number of nitro benzene ring substituents is 1. The lowest BCUT2D eigenvalue weighted by Crippen LogP contribution is -2.47. The third kappa shape index (κ3) is 5.46. The highest BCUT2D eigenvalue weighted by Crippen LogP contribution is 2.19. The lowest BCUT2D eigenvalue weighted by molar-refractivity contribution is -0.384. The number of non-ortho nitro benzene ring substituents is 1. The zero-order chi connectivity index (χ0) is 17.7. The molecule has 0 radical (unpaired) electrons. The third-order valence-electron chi connectivity index (χ3n) is 3.62. The van der Waals surface area contributed by atoms with E-state index in [-0.39, 0.29) is 30.0 Å². The summed E-state index contributed by atoms with van der Waals surface area (Å²) >= 11 is 0. The quantitative estimate of drug-likeness (QED) is 0.585. The number of rotatable bonds is 6. The summed E-state index contributed by atoms with van der Waals surface area (Å²) in [5.74, 6) is 0.0190. The molecule has 0 aromatic heterocycles. The molecule has 1 aliphatic heterocycles. The first kappa shape index (κ1) is 18.1. The van der Waals surface area contributed by atoms with Gasteiger partial charge >= 0.3 is 0 Å². The van der Waals surface area contributed by atoms with Gasteiger partial charge in [0.15, 0.2) is 6.61 Å². The monoisotopic (exact) mass is 357 g/mol. The van der Waals surface area contributed by atoms with E-state index in [1.807, 2.05) is 0 Å². The number of amides is 1. The molecule has 1 fully saturated rings. The van der Waals surface area contributed by atoms with Gasteiger partial charge in [0.1, 0.15) is 5.75 Å². The molecule has 0 saturated carbocycles. The number of hydrogen-bond donors (Lipinski definition) is 1. The van der Waals surface area contributed by atoms with Crippen LogP contribution in [0.15, 0.2) is 24.3 Å². The largest absolute Gasteiger partial charge is 0.484 e. The summed E-state index contributed by atoms with van der Waals surface area (Å²) in [4.78, 5) is 23.9. The van der Waals surface area contributed by atoms with Crippen molar-refractivity contribution in [2.75, 3.05) is 26.0 Å². The SMILES string of the molecule is CS(=O)(=O)NC1CCN(C(=O)COc2cccc([N+](=O)[O-])c2)CC1. The number of piperidine rings is 1. The predicted octanol–water partition coefficient (Wildman–Crippen LogP) is 0.514. The zero-order valence-corrected chi connectivity index (χ0v) is 14.0. The van der Waals surface area contributed by atoms with Crippen LogP contribution in [-0.4, -0.2) is 56.1 Å². The minimum Gasteiger partial charge on any atom is -0.484 e. The van der Waals surface area contributed by atoms with Crippen molar-refractivity contribution in [1.82, 2.24) is 9.62 Å². The van der Waals surface area contributed by atoms with Crippen LogP contribution in [0.2, 0.25) is 0 Å². The smallest absolute Gasteiger partial charge is 0.273 e. The van der Waals surface area contributed by atoms with Crippen LogP contribution in [0.1, 0.15) is 12.8 Å². The van der Waals surface area contributed by atoms with E-state index >= 15 is 0 Å². The number of likely N-dealkylation sites (tertiary alicyclic amines) is 1. The predicted molar refractivity (Wildman–Crippen MR) is 86.2 cm³/mol. The second-order valence-electron chi connectivity index (χ2n) is 5.59. The Balaban J connectivity index is 1.82. The average molecular weight is 357 g/mol. The molecule has 1 N–H and O–H groups in total. The Bertz CT molecular complexity index is 713. The van der Waals surface area contributed by atoms with E-state index in [2.05, 4.69) is 4.72 Å². The molecule has 10 heteroatoms. The van der Waals surface area contributed by atoms with Gasteiger partial charge in [0.05, 0.1) is 17.2 Å². The summed E-state index contributed by atoms with van der Waals surface area (Å²) in [5, 5.41) is 10.7. The van der Waals surface area contributed by atoms with Crippen molar-refractivity contribution in [3.05, 3.63) is 34.4 Å². The van der Waals surface area contributed by atoms with Crippen molar-refractivity contribution < 1.29 is 22.9 Å². The van der Waals surface area contributed by atoms with Crippen LogP contribution >= 0.6 is 0 Å². The molecule has 0 bridgehead atoms. The van der Waals surface area contributed by atoms with Crippen LogP contribution in [0.4, 0.5) is 5.69 Å². The maximum Gasteiger partial charge on any atom is 0.273 e. The molecule has 1 aromatic carbocycles. The molecule has 0 spiro atoms. The molecule has 1 heterocycles. The fraction of sp³-hybridized carbons (Fsp3) is 0.500. The summed E-state index contributed by atoms with van der Waals surface area (Å²) in [6.07, 6.45) is 2.18. The minimum atomic E-state index is -3.25. The molecule has 0 unspecified atom stereocenters. The van der Waals surface area contributed by atoms with Crippen molar-refractivity contribution in [3.8, 4) is 5.75 Å². The molecule has 132 valence electrons. The van der Waals surface area contributed by atoms with E-state index in [0.717, 1.165) is 6.26 Å². The second kappa shape index (κ2) is 7.58. The van der Waals surface area contributed by atoms with Gasteiger partial charge in [-0.2, -0.15) is 0 Å². The number of nitrogens with zero attached hydrogens (tertiary/aromatic N) is 2. The summed E-state index contributed by atoms with van der Waals surface area (Å²) in [6.45, 7) is 0.653. The first-order chi connectivity index (χ1) is 11.2. The highest BCUT2D eigenvalue weighted by Gasteiger charge is 2.24. The molecule has 9 nitrogen and oxygen atoms in total. The van der Waals surface area contributed by atoms with Gasteiger partial charge < -0.3 is 9.64 Å². The summed E-state index contributed by atoms with van der Waals surface area (Å²) < 4.78 is 30.2. The van der Waals surface area contributed by atoms with Gasteiger partial charge in [-0.15, -0.1) is 0 Å². The molecule has 1 amide bonds. The zero-order valence-electron chi connectivity index (χ0n) is 13.2. The molecule has 0 atom stereocenters. The third-order valence-corrected chi connectivity index (χ3v) is 4.38. The maximum atomic E-state index is 12.1. The van der Waals surface area contributed by atoms with Crippen LogP contribution in [0.25, 0.3) is 0 Å². The van der Waals surface area contributed by atoms with Crippen molar-refractivity contribution in [2.24, 2.45) is 0 Å². The number of nitrogens with one attached hydrogen (secondary N) is 1.